The highest BCUT2D eigenvalue weighted by molar-refractivity contribution is 7.08. The van der Waals surface area contributed by atoms with Gasteiger partial charge in [-0.1, -0.05) is 0 Å². The monoisotopic (exact) mass is 184 g/mol. The summed E-state index contributed by atoms with van der Waals surface area (Å²) in [5, 5.41) is 22.1. The number of carboxylic acids is 1. The zero-order valence-electron chi connectivity index (χ0n) is 6.28. The van der Waals surface area contributed by atoms with Gasteiger partial charge in [-0.15, -0.1) is 0 Å². The molecule has 0 aromatic carbocycles. The molecule has 12 heavy (non-hydrogen) atoms. The minimum Gasteiger partial charge on any atom is -0.479 e. The summed E-state index contributed by atoms with van der Waals surface area (Å²) in [5.74, 6) is -1.14. The van der Waals surface area contributed by atoms with Gasteiger partial charge in [0.05, 0.1) is 0 Å². The van der Waals surface area contributed by atoms with E-state index in [1.54, 1.807) is 5.38 Å². The summed E-state index contributed by atoms with van der Waals surface area (Å²) in [6, 6.07) is 0. The minimum atomic E-state index is -1.62. The topological polar surface area (TPSA) is 57.5 Å². The molecule has 1 atom stereocenters. The second-order valence-corrected chi connectivity index (χ2v) is 3.72. The van der Waals surface area contributed by atoms with Gasteiger partial charge in [0, 0.05) is 5.56 Å². The first kappa shape index (κ1) is 7.76. The molecule has 4 heteroatoms. The summed E-state index contributed by atoms with van der Waals surface area (Å²) >= 11 is 1.44. The van der Waals surface area contributed by atoms with Crippen molar-refractivity contribution in [2.45, 2.75) is 18.4 Å². The molecule has 0 amide bonds. The molecule has 0 radical (unpaired) electrons. The van der Waals surface area contributed by atoms with E-state index in [1.165, 1.54) is 11.3 Å². The summed E-state index contributed by atoms with van der Waals surface area (Å²) in [6.45, 7) is 0. The molecule has 1 aliphatic rings. The third-order valence-corrected chi connectivity index (χ3v) is 3.09. The molecule has 0 aliphatic heterocycles. The highest BCUT2D eigenvalue weighted by Crippen LogP contribution is 2.38. The number of aliphatic carboxylic acids is 1. The standard InChI is InChI=1S/C8H8O3S/c9-7(10)8(11)2-1-5-3-12-4-6(5)8/h3-4,11H,1-2H2,(H,9,10). The molecular formula is C8H8O3S. The number of hydrogen-bond acceptors (Lipinski definition) is 3. The Morgan fingerprint density at radius 1 is 1.58 bits per heavy atom. The van der Waals surface area contributed by atoms with Crippen LogP contribution in [0.4, 0.5) is 0 Å². The number of aliphatic hydroxyl groups is 1. The van der Waals surface area contributed by atoms with Crippen LogP contribution < -0.4 is 0 Å². The van der Waals surface area contributed by atoms with Gasteiger partial charge in [0.15, 0.2) is 5.60 Å². The molecule has 2 rings (SSSR count). The maximum atomic E-state index is 10.7. The van der Waals surface area contributed by atoms with E-state index in [0.29, 0.717) is 18.4 Å². The molecular weight excluding hydrogens is 176 g/mol. The molecule has 2 N–H and O–H groups in total. The van der Waals surface area contributed by atoms with Gasteiger partial charge in [0.2, 0.25) is 0 Å². The Bertz CT molecular complexity index is 331. The largest absolute Gasteiger partial charge is 0.479 e. The quantitative estimate of drug-likeness (QED) is 0.683. The van der Waals surface area contributed by atoms with E-state index in [0.717, 1.165) is 5.56 Å². The molecule has 64 valence electrons. The predicted octanol–water partition coefficient (Wildman–Crippen LogP) is 0.967. The molecule has 1 heterocycles. The van der Waals surface area contributed by atoms with Crippen LogP contribution in [0.3, 0.4) is 0 Å². The van der Waals surface area contributed by atoms with Crippen LogP contribution in [0.25, 0.3) is 0 Å². The van der Waals surface area contributed by atoms with Crippen LogP contribution in [0.2, 0.25) is 0 Å². The van der Waals surface area contributed by atoms with Crippen LogP contribution in [0.5, 0.6) is 0 Å². The van der Waals surface area contributed by atoms with Gasteiger partial charge in [0.1, 0.15) is 0 Å². The van der Waals surface area contributed by atoms with E-state index in [9.17, 15) is 9.90 Å². The molecule has 1 unspecified atom stereocenters. The normalized spacial score (nSPS) is 27.1. The fourth-order valence-corrected chi connectivity index (χ4v) is 2.51. The number of aryl methyl sites for hydroxylation is 1. The van der Waals surface area contributed by atoms with Gasteiger partial charge in [-0.3, -0.25) is 0 Å². The third kappa shape index (κ3) is 0.820. The van der Waals surface area contributed by atoms with Gasteiger partial charge in [-0.05, 0) is 29.2 Å². The van der Waals surface area contributed by atoms with Crippen LogP contribution in [-0.2, 0) is 16.8 Å². The minimum absolute atomic E-state index is 0.306. The molecule has 3 nitrogen and oxygen atoms in total. The lowest BCUT2D eigenvalue weighted by Gasteiger charge is -2.16. The first-order valence-electron chi connectivity index (χ1n) is 3.66. The van der Waals surface area contributed by atoms with Crippen LogP contribution in [0.15, 0.2) is 10.8 Å². The Labute approximate surface area is 73.3 Å². The molecule has 1 aromatic heterocycles. The van der Waals surface area contributed by atoms with Crippen LogP contribution in [-0.4, -0.2) is 16.2 Å². The van der Waals surface area contributed by atoms with Crippen molar-refractivity contribution in [2.24, 2.45) is 0 Å². The Hall–Kier alpha value is -0.870. The fourth-order valence-electron chi connectivity index (χ4n) is 1.55. The average Bonchev–Trinajstić information content (AvgIpc) is 2.54. The van der Waals surface area contributed by atoms with Crippen molar-refractivity contribution < 1.29 is 15.0 Å². The van der Waals surface area contributed by atoms with Gasteiger partial charge >= 0.3 is 5.97 Å². The third-order valence-electron chi connectivity index (χ3n) is 2.30. The zero-order chi connectivity index (χ0) is 8.77. The summed E-state index contributed by atoms with van der Waals surface area (Å²) in [6.07, 6.45) is 0.974. The fraction of sp³-hybridized carbons (Fsp3) is 0.375. The van der Waals surface area contributed by atoms with E-state index < -0.39 is 11.6 Å². The lowest BCUT2D eigenvalue weighted by Crippen LogP contribution is -2.32. The van der Waals surface area contributed by atoms with Crippen molar-refractivity contribution in [3.8, 4) is 0 Å². The summed E-state index contributed by atoms with van der Waals surface area (Å²) in [5.41, 5.74) is -0.0556. The van der Waals surface area contributed by atoms with Gasteiger partial charge in [-0.25, -0.2) is 4.79 Å². The summed E-state index contributed by atoms with van der Waals surface area (Å²) in [4.78, 5) is 10.7. The van der Waals surface area contributed by atoms with Crippen molar-refractivity contribution in [1.29, 1.82) is 0 Å². The maximum Gasteiger partial charge on any atom is 0.340 e. The van der Waals surface area contributed by atoms with Gasteiger partial charge < -0.3 is 10.2 Å². The van der Waals surface area contributed by atoms with E-state index >= 15 is 0 Å². The Morgan fingerprint density at radius 2 is 2.33 bits per heavy atom. The number of carbonyl (C=O) groups is 1. The van der Waals surface area contributed by atoms with Crippen molar-refractivity contribution in [3.05, 3.63) is 21.9 Å². The van der Waals surface area contributed by atoms with Crippen molar-refractivity contribution in [1.82, 2.24) is 0 Å². The lowest BCUT2D eigenvalue weighted by atomic mass is 9.99. The predicted molar refractivity (Wildman–Crippen MR) is 44.2 cm³/mol. The van der Waals surface area contributed by atoms with Crippen molar-refractivity contribution in [2.75, 3.05) is 0 Å². The van der Waals surface area contributed by atoms with Crippen LogP contribution in [0, 0.1) is 0 Å². The SMILES string of the molecule is O=C(O)C1(O)CCc2cscc21. The average molecular weight is 184 g/mol. The van der Waals surface area contributed by atoms with E-state index in [2.05, 4.69) is 0 Å². The molecule has 0 bridgehead atoms. The maximum absolute atomic E-state index is 10.7. The van der Waals surface area contributed by atoms with Gasteiger partial charge in [-0.2, -0.15) is 11.3 Å². The molecule has 1 aliphatic carbocycles. The van der Waals surface area contributed by atoms with Gasteiger partial charge in [0.25, 0.3) is 0 Å². The summed E-state index contributed by atoms with van der Waals surface area (Å²) in [7, 11) is 0. The summed E-state index contributed by atoms with van der Waals surface area (Å²) < 4.78 is 0. The highest BCUT2D eigenvalue weighted by Gasteiger charge is 2.44. The lowest BCUT2D eigenvalue weighted by molar-refractivity contribution is -0.159. The number of carboxylic acid groups (broad SMARTS) is 1. The molecule has 0 saturated carbocycles. The first-order chi connectivity index (χ1) is 5.64. The van der Waals surface area contributed by atoms with Crippen LogP contribution in [0.1, 0.15) is 17.5 Å². The molecule has 0 saturated heterocycles. The Balaban J connectivity index is 2.51. The number of thiophene rings is 1. The second kappa shape index (κ2) is 2.31. The number of hydrogen-bond donors (Lipinski definition) is 2. The number of fused-ring (bicyclic) bond motifs is 1. The molecule has 0 fully saturated rings. The smallest absolute Gasteiger partial charge is 0.340 e. The Morgan fingerprint density at radius 3 is 3.00 bits per heavy atom. The molecule has 0 spiro atoms. The molecule has 1 aromatic rings. The second-order valence-electron chi connectivity index (χ2n) is 2.98. The van der Waals surface area contributed by atoms with Crippen molar-refractivity contribution in [3.63, 3.8) is 0 Å². The van der Waals surface area contributed by atoms with E-state index in [4.69, 9.17) is 5.11 Å². The highest BCUT2D eigenvalue weighted by atomic mass is 32.1. The number of rotatable bonds is 1. The zero-order valence-corrected chi connectivity index (χ0v) is 7.10. The van der Waals surface area contributed by atoms with Crippen LogP contribution >= 0.6 is 11.3 Å². The van der Waals surface area contributed by atoms with E-state index in [-0.39, 0.29) is 0 Å². The Kier molecular flexibility index (Phi) is 1.49. The van der Waals surface area contributed by atoms with Crippen molar-refractivity contribution >= 4 is 17.3 Å². The first-order valence-corrected chi connectivity index (χ1v) is 4.60. The van der Waals surface area contributed by atoms with E-state index in [1.807, 2.05) is 5.38 Å².